The summed E-state index contributed by atoms with van der Waals surface area (Å²) in [6.45, 7) is 2.40. The number of nitrogens with one attached hydrogen (secondary N) is 2. The van der Waals surface area contributed by atoms with Gasteiger partial charge in [-0.2, -0.15) is 10.1 Å². The number of aromatic nitrogens is 4. The zero-order chi connectivity index (χ0) is 19.9. The van der Waals surface area contributed by atoms with Crippen LogP contribution in [0.25, 0.3) is 11.4 Å². The molecule has 1 aliphatic carbocycles. The van der Waals surface area contributed by atoms with Gasteiger partial charge in [-0.3, -0.25) is 0 Å². The molecule has 0 spiro atoms. The lowest BCUT2D eigenvalue weighted by molar-refractivity contribution is 0.144. The highest BCUT2D eigenvalue weighted by atomic mass is 31.1. The minimum atomic E-state index is -2.28. The molecule has 0 amide bonds. The molecule has 1 saturated carbocycles. The predicted molar refractivity (Wildman–Crippen MR) is 107 cm³/mol. The molecule has 3 rings (SSSR count). The first kappa shape index (κ1) is 21.0. The van der Waals surface area contributed by atoms with E-state index in [-0.39, 0.29) is 17.6 Å². The molecule has 4 N–H and O–H groups in total. The number of hydrogen-bond acceptors (Lipinski definition) is 6. The molecule has 28 heavy (non-hydrogen) atoms. The molecule has 152 valence electrons. The molecule has 0 radical (unpaired) electrons. The second kappa shape index (κ2) is 10.2. The maximum Gasteiger partial charge on any atom is 0.509 e. The molecule has 1 aromatic heterocycles. The monoisotopic (exact) mass is 406 g/mol. The molecule has 0 saturated heterocycles. The SMILES string of the molecule is CC(NC[C@@H](O)CC(C1CCCCC1)[P+](=O)O)c1cccc(-c2nn[nH]n2)c1. The molecule has 8 nitrogen and oxygen atoms in total. The van der Waals surface area contributed by atoms with Crippen LogP contribution < -0.4 is 5.32 Å². The Hall–Kier alpha value is -1.73. The van der Waals surface area contributed by atoms with E-state index in [9.17, 15) is 14.6 Å². The molecular formula is C19H29N5O3P+. The van der Waals surface area contributed by atoms with Crippen molar-refractivity contribution in [1.82, 2.24) is 25.9 Å². The van der Waals surface area contributed by atoms with Gasteiger partial charge >= 0.3 is 8.03 Å². The standard InChI is InChI=1S/C19H28N5O3P/c1-13(15-8-5-9-16(10-15)19-21-23-24-22-19)20-12-17(25)11-18(28(26)27)14-6-3-2-4-7-14/h5,8-10,13-14,17-18,20,25H,2-4,6-7,11-12H2,1H3,(H-,21,22,23,24,26,27)/p+1/t13?,17-,18?/m0/s1. The highest BCUT2D eigenvalue weighted by Gasteiger charge is 2.39. The number of hydrogen-bond donors (Lipinski definition) is 4. The summed E-state index contributed by atoms with van der Waals surface area (Å²) in [7, 11) is -2.28. The lowest BCUT2D eigenvalue weighted by Gasteiger charge is -2.25. The van der Waals surface area contributed by atoms with E-state index in [0.717, 1.165) is 36.8 Å². The van der Waals surface area contributed by atoms with E-state index >= 15 is 0 Å². The van der Waals surface area contributed by atoms with Crippen molar-refractivity contribution in [3.8, 4) is 11.4 Å². The number of aliphatic hydroxyl groups excluding tert-OH is 1. The third-order valence-corrected chi connectivity index (χ3v) is 6.84. The molecule has 3 unspecified atom stereocenters. The fourth-order valence-corrected chi connectivity index (χ4v) is 5.09. The Labute approximate surface area is 166 Å². The van der Waals surface area contributed by atoms with Gasteiger partial charge in [0.15, 0.2) is 5.66 Å². The topological polar surface area (TPSA) is 124 Å². The molecule has 1 heterocycles. The van der Waals surface area contributed by atoms with E-state index in [1.807, 2.05) is 31.2 Å². The van der Waals surface area contributed by atoms with Crippen LogP contribution in [-0.4, -0.2) is 48.9 Å². The van der Waals surface area contributed by atoms with Crippen LogP contribution >= 0.6 is 8.03 Å². The van der Waals surface area contributed by atoms with E-state index in [1.165, 1.54) is 6.42 Å². The molecule has 0 aliphatic heterocycles. The van der Waals surface area contributed by atoms with Crippen molar-refractivity contribution in [3.63, 3.8) is 0 Å². The maximum atomic E-state index is 11.8. The minimum Gasteiger partial charge on any atom is -0.392 e. The average Bonchev–Trinajstić information content (AvgIpc) is 3.25. The van der Waals surface area contributed by atoms with Gasteiger partial charge in [0.25, 0.3) is 0 Å². The van der Waals surface area contributed by atoms with Crippen molar-refractivity contribution in [2.24, 2.45) is 5.92 Å². The number of H-pyrrole nitrogens is 1. The summed E-state index contributed by atoms with van der Waals surface area (Å²) in [5, 5.41) is 27.8. The Balaban J connectivity index is 1.54. The summed E-state index contributed by atoms with van der Waals surface area (Å²) < 4.78 is 11.8. The number of aromatic amines is 1. The molecule has 2 aromatic rings. The van der Waals surface area contributed by atoms with Gasteiger partial charge in [0.05, 0.1) is 6.10 Å². The van der Waals surface area contributed by atoms with Crippen LogP contribution in [-0.2, 0) is 4.57 Å². The second-order valence-electron chi connectivity index (χ2n) is 7.65. The summed E-state index contributed by atoms with van der Waals surface area (Å²) in [5.41, 5.74) is 1.60. The van der Waals surface area contributed by atoms with Gasteiger partial charge in [0.1, 0.15) is 0 Å². The third kappa shape index (κ3) is 5.64. The van der Waals surface area contributed by atoms with Crippen molar-refractivity contribution < 1.29 is 14.6 Å². The highest BCUT2D eigenvalue weighted by Crippen LogP contribution is 2.40. The van der Waals surface area contributed by atoms with Crippen molar-refractivity contribution in [2.75, 3.05) is 6.54 Å². The van der Waals surface area contributed by atoms with E-state index in [0.29, 0.717) is 18.8 Å². The first-order valence-corrected chi connectivity index (χ1v) is 11.2. The largest absolute Gasteiger partial charge is 0.509 e. The van der Waals surface area contributed by atoms with E-state index in [1.54, 1.807) is 0 Å². The smallest absolute Gasteiger partial charge is 0.392 e. The van der Waals surface area contributed by atoms with E-state index in [4.69, 9.17) is 0 Å². The molecule has 4 atom stereocenters. The summed E-state index contributed by atoms with van der Waals surface area (Å²) in [6.07, 6.45) is 5.13. The van der Waals surface area contributed by atoms with Gasteiger partial charge in [-0.15, -0.1) is 10.2 Å². The Morgan fingerprint density at radius 2 is 2.11 bits per heavy atom. The predicted octanol–water partition coefficient (Wildman–Crippen LogP) is 2.95. The molecule has 1 fully saturated rings. The third-order valence-electron chi connectivity index (χ3n) is 5.64. The Kier molecular flexibility index (Phi) is 7.62. The summed E-state index contributed by atoms with van der Waals surface area (Å²) in [6, 6.07) is 7.86. The first-order chi connectivity index (χ1) is 13.5. The normalized spacial score (nSPS) is 19.2. The molecule has 0 bridgehead atoms. The number of rotatable bonds is 9. The Bertz CT molecular complexity index is 752. The van der Waals surface area contributed by atoms with Crippen molar-refractivity contribution in [3.05, 3.63) is 29.8 Å². The number of nitrogens with zero attached hydrogens (tertiary/aromatic N) is 3. The number of benzene rings is 1. The van der Waals surface area contributed by atoms with Gasteiger partial charge < -0.3 is 10.4 Å². The van der Waals surface area contributed by atoms with Gasteiger partial charge in [-0.25, -0.2) is 0 Å². The highest BCUT2D eigenvalue weighted by molar-refractivity contribution is 7.38. The fourth-order valence-electron chi connectivity index (χ4n) is 4.01. The van der Waals surface area contributed by atoms with Crippen molar-refractivity contribution in [2.45, 2.75) is 63.3 Å². The van der Waals surface area contributed by atoms with Crippen LogP contribution in [0.15, 0.2) is 24.3 Å². The molecule has 9 heteroatoms. The molecule has 1 aliphatic rings. The molecule has 1 aromatic carbocycles. The van der Waals surface area contributed by atoms with Gasteiger partial charge in [0.2, 0.25) is 5.82 Å². The van der Waals surface area contributed by atoms with Crippen LogP contribution in [0.2, 0.25) is 0 Å². The Morgan fingerprint density at radius 1 is 1.32 bits per heavy atom. The van der Waals surface area contributed by atoms with E-state index < -0.39 is 14.1 Å². The van der Waals surface area contributed by atoms with Crippen LogP contribution in [0, 0.1) is 5.92 Å². The zero-order valence-corrected chi connectivity index (χ0v) is 17.1. The lowest BCUT2D eigenvalue weighted by atomic mass is 9.85. The first-order valence-electron chi connectivity index (χ1n) is 9.95. The average molecular weight is 406 g/mol. The minimum absolute atomic E-state index is 0.0116. The lowest BCUT2D eigenvalue weighted by Crippen LogP contribution is -2.33. The van der Waals surface area contributed by atoms with Gasteiger partial charge in [-0.1, -0.05) is 37.5 Å². The quantitative estimate of drug-likeness (QED) is 0.472. The zero-order valence-electron chi connectivity index (χ0n) is 16.2. The number of tetrazole rings is 1. The van der Waals surface area contributed by atoms with Gasteiger partial charge in [0, 0.05) is 30.5 Å². The fraction of sp³-hybridized carbons (Fsp3) is 0.632. The van der Waals surface area contributed by atoms with Crippen molar-refractivity contribution >= 4 is 8.03 Å². The van der Waals surface area contributed by atoms with Crippen molar-refractivity contribution in [1.29, 1.82) is 0 Å². The number of aliphatic hydroxyl groups is 1. The summed E-state index contributed by atoms with van der Waals surface area (Å²) in [5.74, 6) is 0.789. The summed E-state index contributed by atoms with van der Waals surface area (Å²) in [4.78, 5) is 9.75. The Morgan fingerprint density at radius 3 is 2.79 bits per heavy atom. The maximum absolute atomic E-state index is 11.8. The van der Waals surface area contributed by atoms with Crippen LogP contribution in [0.5, 0.6) is 0 Å². The van der Waals surface area contributed by atoms with Crippen LogP contribution in [0.3, 0.4) is 0 Å². The van der Waals surface area contributed by atoms with Crippen LogP contribution in [0.1, 0.15) is 57.1 Å². The van der Waals surface area contributed by atoms with Crippen LogP contribution in [0.4, 0.5) is 0 Å². The summed E-state index contributed by atoms with van der Waals surface area (Å²) >= 11 is 0. The van der Waals surface area contributed by atoms with Gasteiger partial charge in [-0.05, 0) is 41.2 Å². The van der Waals surface area contributed by atoms with E-state index in [2.05, 4.69) is 25.9 Å². The molecular weight excluding hydrogens is 377 g/mol. The second-order valence-corrected chi connectivity index (χ2v) is 8.92.